The van der Waals surface area contributed by atoms with E-state index in [0.717, 1.165) is 12.5 Å². The molecule has 0 radical (unpaired) electrons. The second-order valence-electron chi connectivity index (χ2n) is 3.46. The molecule has 0 bridgehead atoms. The first kappa shape index (κ1) is 11.1. The van der Waals surface area contributed by atoms with E-state index in [4.69, 9.17) is 0 Å². The summed E-state index contributed by atoms with van der Waals surface area (Å²) in [5.41, 5.74) is 0.577. The second kappa shape index (κ2) is 5.05. The Bertz CT molecular complexity index is 299. The predicted octanol–water partition coefficient (Wildman–Crippen LogP) is 2.51. The Morgan fingerprint density at radius 1 is 1.36 bits per heavy atom. The van der Waals surface area contributed by atoms with Crippen LogP contribution in [0.15, 0.2) is 18.2 Å². The second-order valence-corrected chi connectivity index (χ2v) is 3.46. The first-order valence-electron chi connectivity index (χ1n) is 4.74. The van der Waals surface area contributed by atoms with Crippen LogP contribution in [-0.2, 0) is 6.42 Å². The Morgan fingerprint density at radius 2 is 2.07 bits per heavy atom. The summed E-state index contributed by atoms with van der Waals surface area (Å²) < 4.78 is 25.7. The Balaban J connectivity index is 2.59. The van der Waals surface area contributed by atoms with Gasteiger partial charge in [0.05, 0.1) is 0 Å². The van der Waals surface area contributed by atoms with Crippen molar-refractivity contribution >= 4 is 0 Å². The average molecular weight is 199 g/mol. The van der Waals surface area contributed by atoms with Gasteiger partial charge in [-0.25, -0.2) is 8.78 Å². The standard InChI is InChI=1S/C11H15F2N/c1-8(14-2)3-4-9-5-6-10(12)7-11(9)13/h5-8,14H,3-4H2,1-2H3/t8-/m0/s1. The zero-order valence-electron chi connectivity index (χ0n) is 8.48. The fraction of sp³-hybridized carbons (Fsp3) is 0.455. The molecule has 1 nitrogen and oxygen atoms in total. The van der Waals surface area contributed by atoms with E-state index < -0.39 is 11.6 Å². The van der Waals surface area contributed by atoms with E-state index in [-0.39, 0.29) is 0 Å². The summed E-state index contributed by atoms with van der Waals surface area (Å²) in [7, 11) is 1.87. The first-order valence-corrected chi connectivity index (χ1v) is 4.74. The lowest BCUT2D eigenvalue weighted by Crippen LogP contribution is -2.21. The number of hydrogen-bond donors (Lipinski definition) is 1. The van der Waals surface area contributed by atoms with E-state index in [2.05, 4.69) is 5.32 Å². The van der Waals surface area contributed by atoms with E-state index in [0.29, 0.717) is 18.0 Å². The molecule has 0 amide bonds. The van der Waals surface area contributed by atoms with Crippen molar-refractivity contribution in [3.8, 4) is 0 Å². The molecule has 0 aromatic heterocycles. The summed E-state index contributed by atoms with van der Waals surface area (Å²) in [4.78, 5) is 0. The van der Waals surface area contributed by atoms with Gasteiger partial charge in [0.1, 0.15) is 11.6 Å². The van der Waals surface area contributed by atoms with Crippen molar-refractivity contribution in [2.24, 2.45) is 0 Å². The largest absolute Gasteiger partial charge is 0.317 e. The van der Waals surface area contributed by atoms with Crippen molar-refractivity contribution in [3.05, 3.63) is 35.4 Å². The minimum absolute atomic E-state index is 0.347. The number of rotatable bonds is 4. The van der Waals surface area contributed by atoms with Crippen LogP contribution < -0.4 is 5.32 Å². The van der Waals surface area contributed by atoms with Gasteiger partial charge in [0, 0.05) is 12.1 Å². The van der Waals surface area contributed by atoms with Crippen molar-refractivity contribution < 1.29 is 8.78 Å². The van der Waals surface area contributed by atoms with Gasteiger partial charge in [0.15, 0.2) is 0 Å². The number of hydrogen-bond acceptors (Lipinski definition) is 1. The molecule has 0 aliphatic heterocycles. The number of halogens is 2. The van der Waals surface area contributed by atoms with Crippen molar-refractivity contribution in [2.45, 2.75) is 25.8 Å². The molecular weight excluding hydrogens is 184 g/mol. The van der Waals surface area contributed by atoms with Crippen molar-refractivity contribution in [1.82, 2.24) is 5.32 Å². The summed E-state index contributed by atoms with van der Waals surface area (Å²) in [5.74, 6) is -0.971. The third-order valence-corrected chi connectivity index (χ3v) is 2.35. The fourth-order valence-electron chi connectivity index (χ4n) is 1.24. The molecule has 1 aromatic rings. The molecule has 0 spiro atoms. The van der Waals surface area contributed by atoms with E-state index in [1.807, 2.05) is 14.0 Å². The predicted molar refractivity (Wildman–Crippen MR) is 53.2 cm³/mol. The number of benzene rings is 1. The molecule has 3 heteroatoms. The normalized spacial score (nSPS) is 12.9. The van der Waals surface area contributed by atoms with E-state index >= 15 is 0 Å². The zero-order chi connectivity index (χ0) is 10.6. The summed E-state index contributed by atoms with van der Waals surface area (Å²) in [6.45, 7) is 2.03. The van der Waals surface area contributed by atoms with Crippen LogP contribution in [0.2, 0.25) is 0 Å². The minimum atomic E-state index is -0.520. The van der Waals surface area contributed by atoms with Gasteiger partial charge in [0.25, 0.3) is 0 Å². The summed E-state index contributed by atoms with van der Waals surface area (Å²) in [5, 5.41) is 3.07. The van der Waals surface area contributed by atoms with Crippen LogP contribution in [0.25, 0.3) is 0 Å². The molecule has 0 saturated carbocycles. The lowest BCUT2D eigenvalue weighted by molar-refractivity contribution is 0.538. The maximum absolute atomic E-state index is 13.1. The van der Waals surface area contributed by atoms with Crippen LogP contribution in [0.5, 0.6) is 0 Å². The summed E-state index contributed by atoms with van der Waals surface area (Å²) >= 11 is 0. The Hall–Kier alpha value is -0.960. The topological polar surface area (TPSA) is 12.0 Å². The molecular formula is C11H15F2N. The minimum Gasteiger partial charge on any atom is -0.317 e. The maximum Gasteiger partial charge on any atom is 0.129 e. The monoisotopic (exact) mass is 199 g/mol. The van der Waals surface area contributed by atoms with E-state index in [1.54, 1.807) is 0 Å². The first-order chi connectivity index (χ1) is 6.63. The van der Waals surface area contributed by atoms with Gasteiger partial charge >= 0.3 is 0 Å². The smallest absolute Gasteiger partial charge is 0.129 e. The third kappa shape index (κ3) is 3.07. The highest BCUT2D eigenvalue weighted by Crippen LogP contribution is 2.12. The molecule has 0 saturated heterocycles. The van der Waals surface area contributed by atoms with Crippen molar-refractivity contribution in [2.75, 3.05) is 7.05 Å². The van der Waals surface area contributed by atoms with E-state index in [9.17, 15) is 8.78 Å². The Morgan fingerprint density at radius 3 is 2.64 bits per heavy atom. The highest BCUT2D eigenvalue weighted by Gasteiger charge is 2.05. The highest BCUT2D eigenvalue weighted by atomic mass is 19.1. The lowest BCUT2D eigenvalue weighted by Gasteiger charge is -2.09. The molecule has 1 atom stereocenters. The molecule has 14 heavy (non-hydrogen) atoms. The van der Waals surface area contributed by atoms with Crippen LogP contribution in [-0.4, -0.2) is 13.1 Å². The highest BCUT2D eigenvalue weighted by molar-refractivity contribution is 5.18. The molecule has 0 heterocycles. The lowest BCUT2D eigenvalue weighted by atomic mass is 10.1. The molecule has 1 N–H and O–H groups in total. The Kier molecular flexibility index (Phi) is 4.01. The molecule has 78 valence electrons. The Labute approximate surface area is 83.1 Å². The van der Waals surface area contributed by atoms with Gasteiger partial charge in [0.2, 0.25) is 0 Å². The van der Waals surface area contributed by atoms with Gasteiger partial charge in [-0.15, -0.1) is 0 Å². The van der Waals surface area contributed by atoms with Crippen LogP contribution in [0.3, 0.4) is 0 Å². The SMILES string of the molecule is CN[C@@H](C)CCc1ccc(F)cc1F. The average Bonchev–Trinajstić information content (AvgIpc) is 2.16. The van der Waals surface area contributed by atoms with Crippen molar-refractivity contribution in [1.29, 1.82) is 0 Å². The molecule has 1 rings (SSSR count). The van der Waals surface area contributed by atoms with Gasteiger partial charge < -0.3 is 5.32 Å². The molecule has 0 fully saturated rings. The van der Waals surface area contributed by atoms with Crippen LogP contribution in [0, 0.1) is 11.6 Å². The van der Waals surface area contributed by atoms with Crippen molar-refractivity contribution in [3.63, 3.8) is 0 Å². The van der Waals surface area contributed by atoms with Crippen LogP contribution >= 0.6 is 0 Å². The zero-order valence-corrected chi connectivity index (χ0v) is 8.48. The third-order valence-electron chi connectivity index (χ3n) is 2.35. The molecule has 0 aliphatic rings. The van der Waals surface area contributed by atoms with Crippen LogP contribution in [0.4, 0.5) is 8.78 Å². The quantitative estimate of drug-likeness (QED) is 0.785. The number of aryl methyl sites for hydroxylation is 1. The molecule has 0 unspecified atom stereocenters. The van der Waals surface area contributed by atoms with Gasteiger partial charge in [-0.05, 0) is 38.4 Å². The number of nitrogens with one attached hydrogen (secondary N) is 1. The van der Waals surface area contributed by atoms with E-state index in [1.165, 1.54) is 12.1 Å². The van der Waals surface area contributed by atoms with Gasteiger partial charge in [-0.1, -0.05) is 6.07 Å². The fourth-order valence-corrected chi connectivity index (χ4v) is 1.24. The molecule has 1 aromatic carbocycles. The summed E-state index contributed by atoms with van der Waals surface area (Å²) in [6.07, 6.45) is 1.48. The maximum atomic E-state index is 13.1. The van der Waals surface area contributed by atoms with Crippen LogP contribution in [0.1, 0.15) is 18.9 Å². The molecule has 0 aliphatic carbocycles. The van der Waals surface area contributed by atoms with Gasteiger partial charge in [-0.3, -0.25) is 0 Å². The summed E-state index contributed by atoms with van der Waals surface area (Å²) in [6, 6.07) is 4.08. The van der Waals surface area contributed by atoms with Gasteiger partial charge in [-0.2, -0.15) is 0 Å².